The molecule has 1 rings (SSSR count). The molecule has 0 aliphatic carbocycles. The third-order valence-electron chi connectivity index (χ3n) is 0.788. The van der Waals surface area contributed by atoms with Gasteiger partial charge in [0.2, 0.25) is 0 Å². The summed E-state index contributed by atoms with van der Waals surface area (Å²) in [6.07, 6.45) is 1.10. The first-order valence-electron chi connectivity index (χ1n) is 2.05. The lowest BCUT2D eigenvalue weighted by Gasteiger charge is -2.08. The molecule has 0 amide bonds. The lowest BCUT2D eigenvalue weighted by molar-refractivity contribution is -0.687. The summed E-state index contributed by atoms with van der Waals surface area (Å²) in [5, 5.41) is 10.2. The van der Waals surface area contributed by atoms with Gasteiger partial charge in [-0.15, -0.1) is 0 Å². The van der Waals surface area contributed by atoms with Gasteiger partial charge < -0.3 is 9.68 Å². The number of hydrogen-bond acceptors (Lipinski definition) is 2. The van der Waals surface area contributed by atoms with Crippen LogP contribution in [-0.4, -0.2) is 12.3 Å². The second-order valence-corrected chi connectivity index (χ2v) is 2.48. The van der Waals surface area contributed by atoms with Gasteiger partial charge in [0.1, 0.15) is 0 Å². The summed E-state index contributed by atoms with van der Waals surface area (Å²) >= 11 is 1.46. The van der Waals surface area contributed by atoms with Crippen LogP contribution in [0.3, 0.4) is 0 Å². The van der Waals surface area contributed by atoms with E-state index in [0.29, 0.717) is 4.47 Å². The van der Waals surface area contributed by atoms with E-state index in [9.17, 15) is 5.21 Å². The quantitative estimate of drug-likeness (QED) is 0.330. The Bertz CT molecular complexity index is 44.1. The summed E-state index contributed by atoms with van der Waals surface area (Å²) in [5.74, 6) is 1.05. The van der Waals surface area contributed by atoms with E-state index in [2.05, 4.69) is 0 Å². The topological polar surface area (TPSA) is 27.5 Å². The van der Waals surface area contributed by atoms with E-state index in [1.807, 2.05) is 0 Å². The van der Waals surface area contributed by atoms with Crippen molar-refractivity contribution in [3.05, 3.63) is 5.21 Å². The lowest BCUT2D eigenvalue weighted by atomic mass is 10.5. The molecule has 0 saturated carbocycles. The van der Waals surface area contributed by atoms with Crippen molar-refractivity contribution in [2.24, 2.45) is 0 Å². The highest BCUT2D eigenvalue weighted by Gasteiger charge is 2.06. The van der Waals surface area contributed by atoms with Gasteiger partial charge in [0.05, 0.1) is 24.2 Å². The van der Waals surface area contributed by atoms with E-state index in [0.717, 1.165) is 18.7 Å². The van der Waals surface area contributed by atoms with Gasteiger partial charge in [-0.1, -0.05) is 0 Å². The zero-order valence-electron chi connectivity index (χ0n) is 3.44. The first-order valence-corrected chi connectivity index (χ1v) is 3.04. The molecule has 36 valence electrons. The van der Waals surface area contributed by atoms with Gasteiger partial charge in [0.25, 0.3) is 0 Å². The van der Waals surface area contributed by atoms with Crippen molar-refractivity contribution in [3.63, 3.8) is 0 Å². The minimum atomic E-state index is 0.370. The average molecular weight is 105 g/mol. The van der Waals surface area contributed by atoms with Crippen LogP contribution in [0.4, 0.5) is 0 Å². The molecule has 0 aromatic carbocycles. The molecule has 1 aliphatic rings. The lowest BCUT2D eigenvalue weighted by Crippen LogP contribution is -2.98. The second kappa shape index (κ2) is 1.82. The van der Waals surface area contributed by atoms with Crippen molar-refractivity contribution in [1.82, 2.24) is 0 Å². The molecule has 1 N–H and O–H groups in total. The largest absolute Gasteiger partial charge is 0.622 e. The molecule has 0 aromatic rings. The van der Waals surface area contributed by atoms with Crippen molar-refractivity contribution >= 4 is 11.9 Å². The van der Waals surface area contributed by atoms with Crippen molar-refractivity contribution in [3.8, 4) is 0 Å². The number of rotatable bonds is 0. The van der Waals surface area contributed by atoms with Gasteiger partial charge in [-0.2, -0.15) is 0 Å². The highest BCUT2D eigenvalue weighted by Crippen LogP contribution is 1.95. The van der Waals surface area contributed by atoms with Gasteiger partial charge in [-0.25, -0.2) is 0 Å². The molecule has 3 heteroatoms. The summed E-state index contributed by atoms with van der Waals surface area (Å²) in [7, 11) is 0. The summed E-state index contributed by atoms with van der Waals surface area (Å²) in [6.45, 7) is 0.810. The maximum atomic E-state index is 10.2. The van der Waals surface area contributed by atoms with E-state index in [1.165, 1.54) is 11.9 Å². The Hall–Kier alpha value is 0.270. The van der Waals surface area contributed by atoms with Crippen LogP contribution in [0.2, 0.25) is 0 Å². The van der Waals surface area contributed by atoms with E-state index in [1.54, 1.807) is 0 Å². The molecule has 1 heterocycles. The minimum absolute atomic E-state index is 0.370. The van der Waals surface area contributed by atoms with Crippen LogP contribution in [0.1, 0.15) is 6.42 Å². The van der Waals surface area contributed by atoms with E-state index in [4.69, 9.17) is 0 Å². The first kappa shape index (κ1) is 4.43. The van der Waals surface area contributed by atoms with Gasteiger partial charge in [0, 0.05) is 6.42 Å². The normalized spacial score (nSPS) is 34.5. The van der Waals surface area contributed by atoms with E-state index >= 15 is 0 Å². The van der Waals surface area contributed by atoms with Crippen LogP contribution >= 0.6 is 11.9 Å². The fourth-order valence-electron chi connectivity index (χ4n) is 0.475. The van der Waals surface area contributed by atoms with E-state index < -0.39 is 0 Å². The van der Waals surface area contributed by atoms with Crippen LogP contribution in [0, 0.1) is 5.21 Å². The molecule has 1 atom stereocenters. The van der Waals surface area contributed by atoms with Crippen molar-refractivity contribution in [1.29, 1.82) is 0 Å². The molecular formula is C3H7NOS. The molecule has 1 aliphatic heterocycles. The van der Waals surface area contributed by atoms with Gasteiger partial charge in [0.15, 0.2) is 0 Å². The summed E-state index contributed by atoms with van der Waals surface area (Å²) in [5.41, 5.74) is 0. The van der Waals surface area contributed by atoms with Gasteiger partial charge in [-0.05, 0) is 0 Å². The molecule has 0 radical (unpaired) electrons. The predicted octanol–water partition coefficient (Wildman–Crippen LogP) is -0.579. The number of hydrogen-bond donors (Lipinski definition) is 1. The smallest absolute Gasteiger partial charge is 0.0884 e. The Morgan fingerprint density at radius 1 is 1.67 bits per heavy atom. The molecular weight excluding hydrogens is 98.1 g/mol. The number of hydroxylamine groups is 1. The van der Waals surface area contributed by atoms with Crippen molar-refractivity contribution < 1.29 is 4.47 Å². The zero-order chi connectivity index (χ0) is 4.41. The molecule has 1 saturated heterocycles. The Morgan fingerprint density at radius 2 is 2.50 bits per heavy atom. The van der Waals surface area contributed by atoms with Crippen LogP contribution in [0.5, 0.6) is 0 Å². The molecule has 6 heavy (non-hydrogen) atoms. The number of nitrogens with one attached hydrogen (secondary N) is 1. The first-order chi connectivity index (χ1) is 2.89. The minimum Gasteiger partial charge on any atom is -0.622 e. The SMILES string of the molecule is [O-][NH+]1CCCS1. The van der Waals surface area contributed by atoms with E-state index in [-0.39, 0.29) is 0 Å². The fraction of sp³-hybridized carbons (Fsp3) is 1.00. The highest BCUT2D eigenvalue weighted by molar-refractivity contribution is 7.93. The predicted molar refractivity (Wildman–Crippen MR) is 26.3 cm³/mol. The molecule has 2 nitrogen and oxygen atoms in total. The Morgan fingerprint density at radius 3 is 2.67 bits per heavy atom. The third-order valence-corrected chi connectivity index (χ3v) is 1.81. The van der Waals surface area contributed by atoms with Crippen LogP contribution in [0.25, 0.3) is 0 Å². The Kier molecular flexibility index (Phi) is 1.34. The average Bonchev–Trinajstić information content (AvgIpc) is 1.86. The zero-order valence-corrected chi connectivity index (χ0v) is 4.25. The summed E-state index contributed by atoms with van der Waals surface area (Å²) in [4.78, 5) is 0. The highest BCUT2D eigenvalue weighted by atomic mass is 32.2. The second-order valence-electron chi connectivity index (χ2n) is 1.32. The monoisotopic (exact) mass is 105 g/mol. The summed E-state index contributed by atoms with van der Waals surface area (Å²) in [6, 6.07) is 0. The van der Waals surface area contributed by atoms with Gasteiger partial charge >= 0.3 is 0 Å². The molecule has 0 bridgehead atoms. The Labute approximate surface area is 41.2 Å². The van der Waals surface area contributed by atoms with Crippen LogP contribution in [0.15, 0.2) is 0 Å². The maximum absolute atomic E-state index is 10.2. The Balaban J connectivity index is 2.18. The standard InChI is InChI=1S/C3H7NOS/c5-4-2-1-3-6-4/h4H,1-3H2. The molecule has 1 unspecified atom stereocenters. The molecule has 0 aromatic heterocycles. The van der Waals surface area contributed by atoms with Crippen molar-refractivity contribution in [2.75, 3.05) is 12.3 Å². The number of quaternary nitrogens is 1. The van der Waals surface area contributed by atoms with Gasteiger partial charge in [-0.3, -0.25) is 0 Å². The van der Waals surface area contributed by atoms with Crippen molar-refractivity contribution in [2.45, 2.75) is 6.42 Å². The maximum Gasteiger partial charge on any atom is 0.0884 e. The summed E-state index contributed by atoms with van der Waals surface area (Å²) < 4.78 is 0.370. The molecule has 0 spiro atoms. The third kappa shape index (κ3) is 0.864. The molecule has 1 fully saturated rings. The van der Waals surface area contributed by atoms with Crippen LogP contribution in [-0.2, 0) is 0 Å². The fourth-order valence-corrected chi connectivity index (χ4v) is 1.28. The van der Waals surface area contributed by atoms with Crippen LogP contribution < -0.4 is 4.47 Å².